The van der Waals surface area contributed by atoms with E-state index in [1.165, 1.54) is 12.3 Å². The maximum atomic E-state index is 13.8. The zero-order valence-electron chi connectivity index (χ0n) is 22.4. The van der Waals surface area contributed by atoms with Gasteiger partial charge in [-0.1, -0.05) is 42.5 Å². The van der Waals surface area contributed by atoms with Gasteiger partial charge in [-0.3, -0.25) is 14.4 Å². The van der Waals surface area contributed by atoms with Crippen LogP contribution in [0.15, 0.2) is 91.4 Å². The number of nitrogens with zero attached hydrogens (tertiary/aromatic N) is 2. The Kier molecular flexibility index (Phi) is 6.80. The smallest absolute Gasteiger partial charge is 0.223 e. The highest BCUT2D eigenvalue weighted by molar-refractivity contribution is 5.91. The molecule has 1 fully saturated rings. The molecule has 0 aliphatic carbocycles. The first-order valence-corrected chi connectivity index (χ1v) is 13.4. The number of amides is 1. The lowest BCUT2D eigenvalue weighted by atomic mass is 9.86. The maximum Gasteiger partial charge on any atom is 0.223 e. The summed E-state index contributed by atoms with van der Waals surface area (Å²) in [6.07, 6.45) is 1.10. The molecule has 1 saturated heterocycles. The van der Waals surface area contributed by atoms with Gasteiger partial charge in [0.15, 0.2) is 10.9 Å². The molecule has 1 aliphatic heterocycles. The van der Waals surface area contributed by atoms with Crippen LogP contribution in [0.2, 0.25) is 0 Å². The first-order valence-electron chi connectivity index (χ1n) is 13.4. The summed E-state index contributed by atoms with van der Waals surface area (Å²) in [5, 5.41) is 22.1. The van der Waals surface area contributed by atoms with E-state index in [1.54, 1.807) is 53.4 Å². The Labute approximate surface area is 234 Å². The summed E-state index contributed by atoms with van der Waals surface area (Å²) in [5.74, 6) is -1.93. The SMILES string of the molecule is CN1CCN(C(=O)C[C@@H](c2coc3ccccc3c2=O)c2c(O)cc(O)c3c(=O)cc(-c4ccccc4)oc23)CC1. The van der Waals surface area contributed by atoms with E-state index in [4.69, 9.17) is 8.83 Å². The van der Waals surface area contributed by atoms with Crippen molar-refractivity contribution in [3.8, 4) is 22.8 Å². The molecule has 0 unspecified atom stereocenters. The van der Waals surface area contributed by atoms with Gasteiger partial charge >= 0.3 is 0 Å². The molecule has 1 atom stereocenters. The van der Waals surface area contributed by atoms with E-state index in [0.29, 0.717) is 42.7 Å². The number of piperazine rings is 1. The quantitative estimate of drug-likeness (QED) is 0.331. The molecule has 9 nitrogen and oxygen atoms in total. The van der Waals surface area contributed by atoms with Crippen LogP contribution >= 0.6 is 0 Å². The minimum absolute atomic E-state index is 0.0535. The van der Waals surface area contributed by atoms with Gasteiger partial charge in [0, 0.05) is 67.3 Å². The third-order valence-electron chi connectivity index (χ3n) is 7.72. The number of rotatable bonds is 5. The molecule has 0 bridgehead atoms. The third kappa shape index (κ3) is 4.85. The Morgan fingerprint density at radius 1 is 0.927 bits per heavy atom. The van der Waals surface area contributed by atoms with E-state index < -0.39 is 22.8 Å². The topological polar surface area (TPSA) is 124 Å². The average Bonchev–Trinajstić information content (AvgIpc) is 2.97. The Hall–Kier alpha value is -4.89. The van der Waals surface area contributed by atoms with Crippen molar-refractivity contribution < 1.29 is 23.8 Å². The number of aromatic hydroxyl groups is 2. The van der Waals surface area contributed by atoms with Crippen molar-refractivity contribution in [2.24, 2.45) is 0 Å². The molecule has 3 aromatic carbocycles. The maximum absolute atomic E-state index is 13.8. The molecule has 1 aliphatic rings. The van der Waals surface area contributed by atoms with Crippen molar-refractivity contribution in [2.45, 2.75) is 12.3 Å². The van der Waals surface area contributed by atoms with E-state index >= 15 is 0 Å². The van der Waals surface area contributed by atoms with Crippen LogP contribution in [0, 0.1) is 0 Å². The van der Waals surface area contributed by atoms with Crippen molar-refractivity contribution in [2.75, 3.05) is 33.2 Å². The van der Waals surface area contributed by atoms with E-state index in [9.17, 15) is 24.6 Å². The molecule has 2 aromatic heterocycles. The van der Waals surface area contributed by atoms with Gasteiger partial charge in [0.25, 0.3) is 0 Å². The van der Waals surface area contributed by atoms with Gasteiger partial charge in [-0.2, -0.15) is 0 Å². The number of phenols is 2. The van der Waals surface area contributed by atoms with Gasteiger partial charge in [-0.05, 0) is 19.2 Å². The van der Waals surface area contributed by atoms with Crippen molar-refractivity contribution in [1.82, 2.24) is 9.80 Å². The second-order valence-corrected chi connectivity index (χ2v) is 10.3. The highest BCUT2D eigenvalue weighted by Gasteiger charge is 2.32. The summed E-state index contributed by atoms with van der Waals surface area (Å²) in [7, 11) is 1.98. The number of benzene rings is 3. The Bertz CT molecular complexity index is 1890. The van der Waals surface area contributed by atoms with Gasteiger partial charge < -0.3 is 28.8 Å². The summed E-state index contributed by atoms with van der Waals surface area (Å²) < 4.78 is 12.0. The van der Waals surface area contributed by atoms with Gasteiger partial charge in [-0.25, -0.2) is 0 Å². The van der Waals surface area contributed by atoms with Crippen molar-refractivity contribution in [1.29, 1.82) is 0 Å². The second-order valence-electron chi connectivity index (χ2n) is 10.3. The second kappa shape index (κ2) is 10.6. The molecule has 6 rings (SSSR count). The van der Waals surface area contributed by atoms with Crippen LogP contribution in [0.4, 0.5) is 0 Å². The fourth-order valence-electron chi connectivity index (χ4n) is 5.46. The molecule has 5 aromatic rings. The van der Waals surface area contributed by atoms with E-state index in [2.05, 4.69) is 4.90 Å². The zero-order valence-corrected chi connectivity index (χ0v) is 22.4. The van der Waals surface area contributed by atoms with Crippen LogP contribution in [0.5, 0.6) is 11.5 Å². The lowest BCUT2D eigenvalue weighted by molar-refractivity contribution is -0.133. The van der Waals surface area contributed by atoms with Gasteiger partial charge in [0.05, 0.1) is 11.6 Å². The van der Waals surface area contributed by atoms with Gasteiger partial charge in [0.1, 0.15) is 33.8 Å². The number of hydrogen-bond donors (Lipinski definition) is 2. The highest BCUT2D eigenvalue weighted by atomic mass is 16.3. The van der Waals surface area contributed by atoms with Crippen molar-refractivity contribution in [3.05, 3.63) is 105 Å². The molecule has 208 valence electrons. The minimum atomic E-state index is -1.04. The largest absolute Gasteiger partial charge is 0.507 e. The molecule has 2 N–H and O–H groups in total. The normalized spacial score (nSPS) is 14.9. The first kappa shape index (κ1) is 26.3. The van der Waals surface area contributed by atoms with Crippen LogP contribution in [-0.2, 0) is 4.79 Å². The van der Waals surface area contributed by atoms with Crippen LogP contribution in [-0.4, -0.2) is 59.1 Å². The number of likely N-dealkylation sites (N-methyl/N-ethyl adjacent to an activating group) is 1. The predicted octanol–water partition coefficient (Wildman–Crippen LogP) is 4.27. The first-order chi connectivity index (χ1) is 19.8. The Morgan fingerprint density at radius 2 is 1.63 bits per heavy atom. The third-order valence-corrected chi connectivity index (χ3v) is 7.72. The van der Waals surface area contributed by atoms with Crippen LogP contribution in [0.3, 0.4) is 0 Å². The van der Waals surface area contributed by atoms with Crippen molar-refractivity contribution in [3.63, 3.8) is 0 Å². The van der Waals surface area contributed by atoms with Gasteiger partial charge in [-0.15, -0.1) is 0 Å². The monoisotopic (exact) mass is 552 g/mol. The predicted molar refractivity (Wildman–Crippen MR) is 154 cm³/mol. The van der Waals surface area contributed by atoms with Crippen LogP contribution in [0.1, 0.15) is 23.5 Å². The lowest BCUT2D eigenvalue weighted by Crippen LogP contribution is -2.47. The number of carbonyl (C=O) groups excluding carboxylic acids is 1. The van der Waals surface area contributed by atoms with Crippen LogP contribution in [0.25, 0.3) is 33.3 Å². The number of fused-ring (bicyclic) bond motifs is 2. The van der Waals surface area contributed by atoms with E-state index in [1.807, 2.05) is 13.1 Å². The molecule has 1 amide bonds. The fourth-order valence-corrected chi connectivity index (χ4v) is 5.46. The summed E-state index contributed by atoms with van der Waals surface area (Å²) >= 11 is 0. The highest BCUT2D eigenvalue weighted by Crippen LogP contribution is 2.42. The Balaban J connectivity index is 1.59. The molecule has 9 heteroatoms. The summed E-state index contributed by atoms with van der Waals surface area (Å²) in [5.41, 5.74) is 0.166. The van der Waals surface area contributed by atoms with E-state index in [0.717, 1.165) is 6.07 Å². The average molecular weight is 553 g/mol. The molecule has 0 spiro atoms. The molecule has 0 saturated carbocycles. The van der Waals surface area contributed by atoms with Crippen LogP contribution < -0.4 is 10.9 Å². The zero-order chi connectivity index (χ0) is 28.7. The van der Waals surface area contributed by atoms with Crippen molar-refractivity contribution >= 4 is 27.8 Å². The standard InChI is InChI=1S/C32H28N2O7/c1-33-11-13-34(14-12-33)28(38)15-21(22-18-40-26-10-6-5-9-20(26)31(22)39)29-23(35)16-24(36)30-25(37)17-27(41-32(29)30)19-7-3-2-4-8-19/h2-10,16-18,21,35-36H,11-15H2,1H3/t21-/m0/s1. The fraction of sp³-hybridized carbons (Fsp3) is 0.219. The summed E-state index contributed by atoms with van der Waals surface area (Å²) in [4.78, 5) is 44.6. The lowest BCUT2D eigenvalue weighted by Gasteiger charge is -2.33. The molecule has 0 radical (unpaired) electrons. The number of para-hydroxylation sites is 1. The molecule has 41 heavy (non-hydrogen) atoms. The summed E-state index contributed by atoms with van der Waals surface area (Å²) in [6, 6.07) is 18.0. The van der Waals surface area contributed by atoms with Gasteiger partial charge in [0.2, 0.25) is 5.91 Å². The molecule has 3 heterocycles. The number of carbonyl (C=O) groups is 1. The number of phenolic OH excluding ortho intramolecular Hbond substituents is 2. The minimum Gasteiger partial charge on any atom is -0.507 e. The van der Waals surface area contributed by atoms with E-state index in [-0.39, 0.29) is 45.6 Å². The number of hydrogen-bond acceptors (Lipinski definition) is 8. The molecular formula is C32H28N2O7. The summed E-state index contributed by atoms with van der Waals surface area (Å²) in [6.45, 7) is 2.45. The Morgan fingerprint density at radius 3 is 2.39 bits per heavy atom. The molecular weight excluding hydrogens is 524 g/mol.